The van der Waals surface area contributed by atoms with E-state index in [1.807, 2.05) is 6.07 Å². The molecule has 3 rings (SSSR count). The highest BCUT2D eigenvalue weighted by atomic mass is 16.5. The molecule has 6 nitrogen and oxygen atoms in total. The standard InChI is InChI=1S/C18H15NO5/c1-2-22-18(21)16-13(12-7-3-4-9-15(12)24-16)11-23-17(20)14-8-5-6-10-19-14/h3-10H,2,11H2,1H3. The lowest BCUT2D eigenvalue weighted by Crippen LogP contribution is -2.10. The second-order valence-electron chi connectivity index (χ2n) is 4.92. The van der Waals surface area contributed by atoms with Crippen LogP contribution >= 0.6 is 0 Å². The second kappa shape index (κ2) is 6.95. The number of esters is 2. The summed E-state index contributed by atoms with van der Waals surface area (Å²) in [6.07, 6.45) is 1.51. The summed E-state index contributed by atoms with van der Waals surface area (Å²) in [6.45, 7) is 1.82. The van der Waals surface area contributed by atoms with Crippen molar-refractivity contribution in [1.29, 1.82) is 0 Å². The van der Waals surface area contributed by atoms with Crippen molar-refractivity contribution in [3.8, 4) is 0 Å². The van der Waals surface area contributed by atoms with Crippen LogP contribution in [0.15, 0.2) is 53.1 Å². The Labute approximate surface area is 138 Å². The van der Waals surface area contributed by atoms with Gasteiger partial charge in [-0.25, -0.2) is 14.6 Å². The summed E-state index contributed by atoms with van der Waals surface area (Å²) in [7, 11) is 0. The normalized spacial score (nSPS) is 10.5. The van der Waals surface area contributed by atoms with Gasteiger partial charge in [0.05, 0.1) is 12.2 Å². The molecule has 0 atom stereocenters. The molecule has 0 aliphatic carbocycles. The minimum absolute atomic E-state index is 0.0480. The van der Waals surface area contributed by atoms with Gasteiger partial charge in [0.1, 0.15) is 17.9 Å². The number of fused-ring (bicyclic) bond motifs is 1. The number of carbonyl (C=O) groups is 2. The van der Waals surface area contributed by atoms with E-state index in [4.69, 9.17) is 13.9 Å². The Bertz CT molecular complexity index is 870. The van der Waals surface area contributed by atoms with Crippen molar-refractivity contribution in [3.05, 3.63) is 65.7 Å². The Morgan fingerprint density at radius 2 is 1.83 bits per heavy atom. The van der Waals surface area contributed by atoms with Crippen LogP contribution in [0.4, 0.5) is 0 Å². The molecule has 1 aromatic carbocycles. The maximum Gasteiger partial charge on any atom is 0.374 e. The third-order valence-corrected chi connectivity index (χ3v) is 3.38. The smallest absolute Gasteiger partial charge is 0.374 e. The van der Waals surface area contributed by atoms with E-state index in [-0.39, 0.29) is 24.7 Å². The Morgan fingerprint density at radius 3 is 2.58 bits per heavy atom. The van der Waals surface area contributed by atoms with Gasteiger partial charge in [-0.1, -0.05) is 24.3 Å². The summed E-state index contributed by atoms with van der Waals surface area (Å²) in [6, 6.07) is 12.1. The molecule has 0 aliphatic rings. The van der Waals surface area contributed by atoms with E-state index in [0.717, 1.165) is 0 Å². The van der Waals surface area contributed by atoms with Crippen LogP contribution in [0.5, 0.6) is 0 Å². The van der Waals surface area contributed by atoms with Crippen molar-refractivity contribution >= 4 is 22.9 Å². The molecule has 0 N–H and O–H groups in total. The number of carbonyl (C=O) groups excluding carboxylic acids is 2. The van der Waals surface area contributed by atoms with Crippen molar-refractivity contribution < 1.29 is 23.5 Å². The van der Waals surface area contributed by atoms with Crippen molar-refractivity contribution in [1.82, 2.24) is 4.98 Å². The van der Waals surface area contributed by atoms with Crippen LogP contribution in [0.3, 0.4) is 0 Å². The maximum atomic E-state index is 12.1. The number of hydrogen-bond acceptors (Lipinski definition) is 6. The molecule has 0 radical (unpaired) electrons. The molecule has 0 fully saturated rings. The van der Waals surface area contributed by atoms with E-state index < -0.39 is 11.9 Å². The number of pyridine rings is 1. The topological polar surface area (TPSA) is 78.6 Å². The number of rotatable bonds is 5. The van der Waals surface area contributed by atoms with Gasteiger partial charge in [0.15, 0.2) is 0 Å². The third-order valence-electron chi connectivity index (χ3n) is 3.38. The molecule has 0 saturated carbocycles. The number of nitrogens with zero attached hydrogens (tertiary/aromatic N) is 1. The van der Waals surface area contributed by atoms with Gasteiger partial charge in [-0.3, -0.25) is 0 Å². The Kier molecular flexibility index (Phi) is 4.56. The fourth-order valence-corrected chi connectivity index (χ4v) is 2.30. The van der Waals surface area contributed by atoms with Gasteiger partial charge in [-0.05, 0) is 25.1 Å². The first kappa shape index (κ1) is 15.7. The number of ether oxygens (including phenoxy) is 2. The molecule has 3 aromatic rings. The number of aromatic nitrogens is 1. The molecule has 0 bridgehead atoms. The van der Waals surface area contributed by atoms with E-state index in [0.29, 0.717) is 16.5 Å². The highest BCUT2D eigenvalue weighted by Gasteiger charge is 2.23. The molecule has 0 aliphatic heterocycles. The molecule has 0 spiro atoms. The summed E-state index contributed by atoms with van der Waals surface area (Å²) in [5, 5.41) is 0.703. The minimum atomic E-state index is -0.586. The van der Waals surface area contributed by atoms with Gasteiger partial charge < -0.3 is 13.9 Å². The van der Waals surface area contributed by atoms with Crippen LogP contribution in [0, 0.1) is 0 Å². The summed E-state index contributed by atoms with van der Waals surface area (Å²) < 4.78 is 15.9. The molecule has 0 saturated heterocycles. The number of hydrogen-bond donors (Lipinski definition) is 0. The number of para-hydroxylation sites is 1. The highest BCUT2D eigenvalue weighted by Crippen LogP contribution is 2.27. The zero-order valence-corrected chi connectivity index (χ0v) is 13.0. The van der Waals surface area contributed by atoms with E-state index in [1.165, 1.54) is 6.20 Å². The zero-order valence-electron chi connectivity index (χ0n) is 13.0. The van der Waals surface area contributed by atoms with Gasteiger partial charge in [0.25, 0.3) is 0 Å². The van der Waals surface area contributed by atoms with Crippen molar-refractivity contribution in [2.24, 2.45) is 0 Å². The average molecular weight is 325 g/mol. The molecule has 2 heterocycles. The third kappa shape index (κ3) is 3.12. The molecular weight excluding hydrogens is 310 g/mol. The van der Waals surface area contributed by atoms with Crippen LogP contribution in [-0.2, 0) is 16.1 Å². The molecule has 0 amide bonds. The monoisotopic (exact) mass is 325 g/mol. The second-order valence-corrected chi connectivity index (χ2v) is 4.92. The lowest BCUT2D eigenvalue weighted by atomic mass is 10.1. The molecular formula is C18H15NO5. The zero-order chi connectivity index (χ0) is 16.9. The maximum absolute atomic E-state index is 12.1. The van der Waals surface area contributed by atoms with E-state index in [2.05, 4.69) is 4.98 Å². The molecule has 122 valence electrons. The average Bonchev–Trinajstić information content (AvgIpc) is 2.99. The fraction of sp³-hybridized carbons (Fsp3) is 0.167. The Morgan fingerprint density at radius 1 is 1.04 bits per heavy atom. The van der Waals surface area contributed by atoms with Crippen LogP contribution in [0.2, 0.25) is 0 Å². The summed E-state index contributed by atoms with van der Waals surface area (Å²) in [5.74, 6) is -1.11. The minimum Gasteiger partial charge on any atom is -0.460 e. The van der Waals surface area contributed by atoms with Gasteiger partial charge in [-0.2, -0.15) is 0 Å². The van der Waals surface area contributed by atoms with Gasteiger partial charge in [-0.15, -0.1) is 0 Å². The number of benzene rings is 1. The first-order chi connectivity index (χ1) is 11.7. The fourth-order valence-electron chi connectivity index (χ4n) is 2.30. The van der Waals surface area contributed by atoms with Gasteiger partial charge in [0, 0.05) is 11.6 Å². The lowest BCUT2D eigenvalue weighted by molar-refractivity contribution is 0.0431. The molecule has 24 heavy (non-hydrogen) atoms. The van der Waals surface area contributed by atoms with Crippen LogP contribution in [-0.4, -0.2) is 23.5 Å². The Hall–Kier alpha value is -3.15. The van der Waals surface area contributed by atoms with Gasteiger partial charge in [0.2, 0.25) is 5.76 Å². The summed E-state index contributed by atoms with van der Waals surface area (Å²) >= 11 is 0. The van der Waals surface area contributed by atoms with E-state index in [1.54, 1.807) is 43.3 Å². The predicted molar refractivity (Wildman–Crippen MR) is 85.5 cm³/mol. The number of furan rings is 1. The molecule has 6 heteroatoms. The van der Waals surface area contributed by atoms with Crippen molar-refractivity contribution in [2.45, 2.75) is 13.5 Å². The summed E-state index contributed by atoms with van der Waals surface area (Å²) in [5.41, 5.74) is 1.21. The van der Waals surface area contributed by atoms with E-state index in [9.17, 15) is 9.59 Å². The largest absolute Gasteiger partial charge is 0.460 e. The summed E-state index contributed by atoms with van der Waals surface area (Å²) in [4.78, 5) is 28.1. The van der Waals surface area contributed by atoms with Crippen molar-refractivity contribution in [2.75, 3.05) is 6.61 Å². The quantitative estimate of drug-likeness (QED) is 0.669. The van der Waals surface area contributed by atoms with E-state index >= 15 is 0 Å². The lowest BCUT2D eigenvalue weighted by Gasteiger charge is -2.05. The Balaban J connectivity index is 1.88. The van der Waals surface area contributed by atoms with Crippen LogP contribution < -0.4 is 0 Å². The van der Waals surface area contributed by atoms with Crippen LogP contribution in [0.1, 0.15) is 33.5 Å². The van der Waals surface area contributed by atoms with Crippen LogP contribution in [0.25, 0.3) is 11.0 Å². The first-order valence-corrected chi connectivity index (χ1v) is 7.46. The van der Waals surface area contributed by atoms with Crippen molar-refractivity contribution in [3.63, 3.8) is 0 Å². The SMILES string of the molecule is CCOC(=O)c1oc2ccccc2c1COC(=O)c1ccccn1. The van der Waals surface area contributed by atoms with Gasteiger partial charge >= 0.3 is 11.9 Å². The first-order valence-electron chi connectivity index (χ1n) is 7.46. The molecule has 2 aromatic heterocycles. The predicted octanol–water partition coefficient (Wildman–Crippen LogP) is 3.36. The molecule has 0 unspecified atom stereocenters. The highest BCUT2D eigenvalue weighted by molar-refractivity contribution is 5.96.